The normalized spacial score (nSPS) is 14.9. The Balaban J connectivity index is 0.00000529. The minimum atomic E-state index is -1.41. The van der Waals surface area contributed by atoms with Crippen LogP contribution in [0.25, 0.3) is 11.1 Å². The zero-order valence-corrected chi connectivity index (χ0v) is 26.4. The van der Waals surface area contributed by atoms with Crippen molar-refractivity contribution in [1.82, 2.24) is 14.8 Å². The summed E-state index contributed by atoms with van der Waals surface area (Å²) in [6, 6.07) is 8.56. The molecule has 1 aliphatic heterocycles. The molecule has 1 aromatic heterocycles. The number of rotatable bonds is 12. The minimum Gasteiger partial charge on any atom is -0.481 e. The third kappa shape index (κ3) is 8.32. The van der Waals surface area contributed by atoms with Crippen molar-refractivity contribution in [3.05, 3.63) is 92.9 Å². The van der Waals surface area contributed by atoms with Gasteiger partial charge >= 0.3 is 5.97 Å². The Morgan fingerprint density at radius 1 is 1.07 bits per heavy atom. The van der Waals surface area contributed by atoms with Crippen LogP contribution in [0.5, 0.6) is 0 Å². The van der Waals surface area contributed by atoms with Crippen molar-refractivity contribution < 1.29 is 27.9 Å². The number of carbonyl (C=O) groups excluding carboxylic acids is 1. The average Bonchev–Trinajstić information content (AvgIpc) is 2.91. The summed E-state index contributed by atoms with van der Waals surface area (Å²) in [5, 5.41) is 12.3. The lowest BCUT2D eigenvalue weighted by atomic mass is 9.92. The van der Waals surface area contributed by atoms with Crippen molar-refractivity contribution in [3.63, 3.8) is 0 Å². The van der Waals surface area contributed by atoms with E-state index in [4.69, 9.17) is 0 Å². The van der Waals surface area contributed by atoms with E-state index in [1.165, 1.54) is 16.7 Å². The Morgan fingerprint density at radius 2 is 1.73 bits per heavy atom. The number of aromatic nitrogens is 1. The van der Waals surface area contributed by atoms with E-state index in [-0.39, 0.29) is 31.4 Å². The number of pyridine rings is 1. The monoisotopic (exact) mass is 631 g/mol. The molecule has 1 amide bonds. The van der Waals surface area contributed by atoms with Crippen LogP contribution in [0.15, 0.2) is 53.5 Å². The molecule has 0 bridgehead atoms. The Bertz CT molecular complexity index is 1540. The van der Waals surface area contributed by atoms with Crippen molar-refractivity contribution in [2.24, 2.45) is 5.92 Å². The number of aryl methyl sites for hydroxylation is 2. The Kier molecular flexibility index (Phi) is 11.9. The predicted molar refractivity (Wildman–Crippen MR) is 169 cm³/mol. The predicted octanol–water partition coefficient (Wildman–Crippen LogP) is 5.64. The van der Waals surface area contributed by atoms with Crippen LogP contribution in [0.1, 0.15) is 61.0 Å². The Morgan fingerprint density at radius 3 is 2.32 bits per heavy atom. The van der Waals surface area contributed by atoms with Crippen LogP contribution in [0.2, 0.25) is 0 Å². The molecule has 2 atom stereocenters. The van der Waals surface area contributed by atoms with Gasteiger partial charge in [0.1, 0.15) is 12.2 Å². The fourth-order valence-electron chi connectivity index (χ4n) is 5.67. The van der Waals surface area contributed by atoms with Crippen LogP contribution in [0, 0.1) is 31.4 Å². The molecule has 1 fully saturated rings. The molecule has 1 unspecified atom stereocenters. The second-order valence-corrected chi connectivity index (χ2v) is 11.8. The second kappa shape index (κ2) is 14.9. The molecule has 0 saturated carbocycles. The molecule has 7 nitrogen and oxygen atoms in total. The van der Waals surface area contributed by atoms with Gasteiger partial charge in [-0.15, -0.1) is 0 Å². The fraction of sp³-hybridized carbons (Fsp3) is 0.424. The molecule has 4 rings (SSSR count). The first-order valence-corrected chi connectivity index (χ1v) is 14.5. The topological polar surface area (TPSA) is 91.6 Å². The maximum atomic E-state index is 15.3. The molecule has 44 heavy (non-hydrogen) atoms. The molecular weight excluding hydrogens is 591 g/mol. The van der Waals surface area contributed by atoms with E-state index >= 15 is 4.39 Å². The third-order valence-corrected chi connectivity index (χ3v) is 7.86. The summed E-state index contributed by atoms with van der Waals surface area (Å²) in [5.41, 5.74) is 2.75. The van der Waals surface area contributed by atoms with E-state index < -0.39 is 53.7 Å². The van der Waals surface area contributed by atoms with Crippen molar-refractivity contribution in [3.8, 4) is 11.1 Å². The van der Waals surface area contributed by atoms with Crippen molar-refractivity contribution in [2.75, 3.05) is 19.6 Å². The van der Waals surface area contributed by atoms with Crippen molar-refractivity contribution in [2.45, 2.75) is 65.2 Å². The lowest BCUT2D eigenvalue weighted by Gasteiger charge is -2.34. The maximum absolute atomic E-state index is 15.3. The molecule has 0 aliphatic carbocycles. The number of amides is 1. The third-order valence-electron chi connectivity index (χ3n) is 7.86. The largest absolute Gasteiger partial charge is 0.481 e. The second-order valence-electron chi connectivity index (χ2n) is 11.8. The van der Waals surface area contributed by atoms with Gasteiger partial charge in [-0.05, 0) is 72.6 Å². The van der Waals surface area contributed by atoms with Gasteiger partial charge < -0.3 is 15.0 Å². The van der Waals surface area contributed by atoms with E-state index in [0.717, 1.165) is 22.8 Å². The first-order chi connectivity index (χ1) is 20.3. The Hall–Kier alpha value is -3.57. The van der Waals surface area contributed by atoms with Crippen LogP contribution in [0.3, 0.4) is 0 Å². The van der Waals surface area contributed by atoms with Crippen LogP contribution in [-0.4, -0.2) is 52.3 Å². The van der Waals surface area contributed by atoms with E-state index in [2.05, 4.69) is 5.32 Å². The summed E-state index contributed by atoms with van der Waals surface area (Å²) < 4.78 is 44.8. The number of hydrogen-bond donors (Lipinski definition) is 2. The highest BCUT2D eigenvalue weighted by Gasteiger charge is 2.30. The van der Waals surface area contributed by atoms with Gasteiger partial charge in [0.2, 0.25) is 5.91 Å². The summed E-state index contributed by atoms with van der Waals surface area (Å²) in [7, 11) is 0. The number of benzene rings is 2. The van der Waals surface area contributed by atoms with Crippen LogP contribution >= 0.6 is 13.5 Å². The number of alkyl halides is 1. The first-order valence-electron chi connectivity index (χ1n) is 14.5. The van der Waals surface area contributed by atoms with Crippen LogP contribution in [0.4, 0.5) is 13.2 Å². The summed E-state index contributed by atoms with van der Waals surface area (Å²) >= 11 is 0. The van der Waals surface area contributed by atoms with Gasteiger partial charge in [0.15, 0.2) is 11.6 Å². The number of halogens is 3. The van der Waals surface area contributed by atoms with E-state index in [1.54, 1.807) is 12.3 Å². The number of carboxylic acid groups (broad SMARTS) is 1. The molecule has 11 heteroatoms. The Labute approximate surface area is 262 Å². The molecule has 1 saturated heterocycles. The summed E-state index contributed by atoms with van der Waals surface area (Å²) in [6.07, 6.45) is 0.846. The zero-order valence-electron chi connectivity index (χ0n) is 25.4. The van der Waals surface area contributed by atoms with Crippen LogP contribution < -0.4 is 10.9 Å². The summed E-state index contributed by atoms with van der Waals surface area (Å²) in [4.78, 5) is 40.6. The van der Waals surface area contributed by atoms with Gasteiger partial charge in [-0.2, -0.15) is 13.5 Å². The highest BCUT2D eigenvalue weighted by molar-refractivity contribution is 7.59. The number of hydrogen-bond acceptors (Lipinski definition) is 4. The standard InChI is InChI=1S/C33H38F3N3O4.H2S/c1-19(2)12-28(39-16-22(8-9-29(39)40)10-11-38-17-24(34)18-38)33(43)37-27(15-30(41)42)25-13-23(14-26(35)32(25)36)31-20(3)6-5-7-21(31)4;/h5-9,13-14,16,19,24,27-28H,10-12,15,17-18H2,1-4H3,(H,37,43)(H,41,42);1H2/t27-,28?;/m0./s1. The minimum absolute atomic E-state index is 0. The number of carbonyl (C=O) groups is 2. The van der Waals surface area contributed by atoms with Crippen LogP contribution in [-0.2, 0) is 16.0 Å². The molecule has 0 spiro atoms. The highest BCUT2D eigenvalue weighted by Crippen LogP contribution is 2.33. The molecule has 238 valence electrons. The molecular formula is C33H40F3N3O4S. The van der Waals surface area contributed by atoms with Gasteiger partial charge in [0, 0.05) is 37.5 Å². The van der Waals surface area contributed by atoms with E-state index in [1.807, 2.05) is 50.8 Å². The number of likely N-dealkylation sites (tertiary alicyclic amines) is 1. The molecule has 1 aliphatic rings. The molecule has 2 aromatic carbocycles. The lowest BCUT2D eigenvalue weighted by Crippen LogP contribution is -2.49. The SMILES string of the molecule is Cc1cccc(C)c1-c1cc(F)c(F)c([C@H](CC(=O)O)NC(=O)C(CC(C)C)n2cc(CCN3CC(F)C3)ccc2=O)c1.S. The number of carboxylic acids is 1. The maximum Gasteiger partial charge on any atom is 0.305 e. The fourth-order valence-corrected chi connectivity index (χ4v) is 5.67. The summed E-state index contributed by atoms with van der Waals surface area (Å²) in [5.74, 6) is -4.44. The van der Waals surface area contributed by atoms with E-state index in [0.29, 0.717) is 37.2 Å². The quantitative estimate of drug-likeness (QED) is 0.270. The van der Waals surface area contributed by atoms with Gasteiger partial charge in [0.25, 0.3) is 5.56 Å². The lowest BCUT2D eigenvalue weighted by molar-refractivity contribution is -0.138. The highest BCUT2D eigenvalue weighted by atomic mass is 32.1. The molecule has 2 N–H and O–H groups in total. The first kappa shape index (κ1) is 34.9. The van der Waals surface area contributed by atoms with Gasteiger partial charge in [-0.25, -0.2) is 13.2 Å². The molecule has 2 heterocycles. The number of nitrogens with one attached hydrogen (secondary N) is 1. The number of nitrogens with zero attached hydrogens (tertiary/aromatic N) is 2. The molecule has 0 radical (unpaired) electrons. The summed E-state index contributed by atoms with van der Waals surface area (Å²) in [6.45, 7) is 8.76. The average molecular weight is 632 g/mol. The van der Waals surface area contributed by atoms with Crippen molar-refractivity contribution in [1.29, 1.82) is 0 Å². The smallest absolute Gasteiger partial charge is 0.305 e. The van der Waals surface area contributed by atoms with E-state index in [9.17, 15) is 28.3 Å². The number of aliphatic carboxylic acids is 1. The van der Waals surface area contributed by atoms with Gasteiger partial charge in [-0.1, -0.05) is 38.1 Å². The zero-order chi connectivity index (χ0) is 31.4. The molecule has 3 aromatic rings. The van der Waals surface area contributed by atoms with Gasteiger partial charge in [-0.3, -0.25) is 19.3 Å². The van der Waals surface area contributed by atoms with Gasteiger partial charge in [0.05, 0.1) is 12.5 Å². The van der Waals surface area contributed by atoms with Crippen molar-refractivity contribution >= 4 is 25.4 Å².